The average Bonchev–Trinajstić information content (AvgIpc) is 2.24. The molecule has 0 aromatic heterocycles. The van der Waals surface area contributed by atoms with Gasteiger partial charge in [-0.25, -0.2) is 8.42 Å². The third-order valence-electron chi connectivity index (χ3n) is 2.49. The van der Waals surface area contributed by atoms with E-state index in [9.17, 15) is 8.42 Å². The van der Waals surface area contributed by atoms with Crippen molar-refractivity contribution in [1.82, 2.24) is 4.90 Å². The summed E-state index contributed by atoms with van der Waals surface area (Å²) in [5.74, 6) is 2.24. The predicted molar refractivity (Wildman–Crippen MR) is 74.0 cm³/mol. The molecule has 0 aromatic rings. The maximum Gasteiger partial charge on any atom is 0.192 e. The van der Waals surface area contributed by atoms with Crippen molar-refractivity contribution < 1.29 is 8.42 Å². The second-order valence-electron chi connectivity index (χ2n) is 4.65. The van der Waals surface area contributed by atoms with E-state index in [0.717, 1.165) is 5.75 Å². The number of sulfone groups is 1. The molecule has 0 aromatic carbocycles. The molecule has 0 bridgehead atoms. The second-order valence-corrected chi connectivity index (χ2v) is 8.00. The van der Waals surface area contributed by atoms with Gasteiger partial charge in [0, 0.05) is 30.9 Å². The number of hydrogen-bond acceptors (Lipinski definition) is 4. The highest BCUT2D eigenvalue weighted by Crippen LogP contribution is 2.19. The van der Waals surface area contributed by atoms with Crippen molar-refractivity contribution in [2.75, 3.05) is 30.9 Å². The highest BCUT2D eigenvalue weighted by atomic mass is 32.2. The number of thioether (sulfide) groups is 1. The lowest BCUT2D eigenvalue weighted by Crippen LogP contribution is -2.52. The fourth-order valence-corrected chi connectivity index (χ4v) is 4.39. The average molecular weight is 279 g/mol. The van der Waals surface area contributed by atoms with Gasteiger partial charge in [0.2, 0.25) is 0 Å². The topological polar surface area (TPSA) is 75.8 Å². The first kappa shape index (κ1) is 14.6. The monoisotopic (exact) mass is 279 g/mol. The van der Waals surface area contributed by atoms with Crippen molar-refractivity contribution >= 4 is 27.6 Å². The zero-order valence-electron chi connectivity index (χ0n) is 10.6. The maximum absolute atomic E-state index is 11.7. The van der Waals surface area contributed by atoms with E-state index >= 15 is 0 Å². The van der Waals surface area contributed by atoms with E-state index in [1.165, 1.54) is 6.26 Å². The van der Waals surface area contributed by atoms with Crippen molar-refractivity contribution in [3.8, 4) is 0 Å². The van der Waals surface area contributed by atoms with Gasteiger partial charge < -0.3 is 10.6 Å². The summed E-state index contributed by atoms with van der Waals surface area (Å²) < 4.78 is 23.3. The van der Waals surface area contributed by atoms with Gasteiger partial charge in [-0.05, 0) is 5.92 Å². The summed E-state index contributed by atoms with van der Waals surface area (Å²) in [5, 5.41) is -0.530. The van der Waals surface area contributed by atoms with Crippen molar-refractivity contribution in [3.05, 3.63) is 0 Å². The Hall–Kier alpha value is -0.430. The highest BCUT2D eigenvalue weighted by molar-refractivity contribution is 8.00. The van der Waals surface area contributed by atoms with Gasteiger partial charge in [0.1, 0.15) is 5.37 Å². The molecule has 17 heavy (non-hydrogen) atoms. The molecule has 1 unspecified atom stereocenters. The van der Waals surface area contributed by atoms with E-state index in [-0.39, 0.29) is 0 Å². The molecule has 5 nitrogen and oxygen atoms in total. The van der Waals surface area contributed by atoms with Gasteiger partial charge in [-0.3, -0.25) is 4.99 Å². The van der Waals surface area contributed by atoms with Crippen LogP contribution in [-0.2, 0) is 9.84 Å². The lowest BCUT2D eigenvalue weighted by molar-refractivity contribution is 0.404. The molecule has 0 aliphatic carbocycles. The minimum atomic E-state index is -3.11. The number of guanidine groups is 1. The third-order valence-corrected chi connectivity index (χ3v) is 5.13. The largest absolute Gasteiger partial charge is 0.370 e. The van der Waals surface area contributed by atoms with E-state index in [2.05, 4.69) is 18.8 Å². The number of nitrogens with two attached hydrogens (primary N) is 1. The molecule has 100 valence electrons. The molecule has 1 aliphatic heterocycles. The fraction of sp³-hybridized carbons (Fsp3) is 0.900. The van der Waals surface area contributed by atoms with Gasteiger partial charge in [-0.1, -0.05) is 13.8 Å². The van der Waals surface area contributed by atoms with Crippen LogP contribution in [-0.4, -0.2) is 55.5 Å². The van der Waals surface area contributed by atoms with Gasteiger partial charge in [0.15, 0.2) is 15.8 Å². The van der Waals surface area contributed by atoms with Crippen molar-refractivity contribution in [1.29, 1.82) is 0 Å². The Morgan fingerprint density at radius 3 is 2.76 bits per heavy atom. The Labute approximate surface area is 108 Å². The lowest BCUT2D eigenvalue weighted by Gasteiger charge is -2.34. The quantitative estimate of drug-likeness (QED) is 0.597. The van der Waals surface area contributed by atoms with Gasteiger partial charge in [-0.15, -0.1) is 0 Å². The molecule has 0 spiro atoms. The summed E-state index contributed by atoms with van der Waals surface area (Å²) >= 11 is 1.64. The molecule has 1 fully saturated rings. The number of hydrogen-bond donors (Lipinski definition) is 1. The summed E-state index contributed by atoms with van der Waals surface area (Å²) in [5.41, 5.74) is 5.89. The van der Waals surface area contributed by atoms with Crippen LogP contribution in [0.4, 0.5) is 0 Å². The summed E-state index contributed by atoms with van der Waals surface area (Å²) in [7, 11) is -3.11. The van der Waals surface area contributed by atoms with E-state index in [1.807, 2.05) is 0 Å². The Morgan fingerprint density at radius 2 is 2.24 bits per heavy atom. The van der Waals surface area contributed by atoms with Crippen LogP contribution in [0.2, 0.25) is 0 Å². The molecule has 2 N–H and O–H groups in total. The minimum absolute atomic E-state index is 0.356. The number of nitrogens with zero attached hydrogens (tertiary/aromatic N) is 2. The van der Waals surface area contributed by atoms with Crippen molar-refractivity contribution in [2.45, 2.75) is 19.2 Å². The maximum atomic E-state index is 11.7. The van der Waals surface area contributed by atoms with E-state index in [4.69, 9.17) is 5.73 Å². The minimum Gasteiger partial charge on any atom is -0.370 e. The summed E-state index contributed by atoms with van der Waals surface area (Å²) in [6.45, 7) is 5.38. The van der Waals surface area contributed by atoms with E-state index in [1.54, 1.807) is 16.7 Å². The smallest absolute Gasteiger partial charge is 0.192 e. The molecule has 0 amide bonds. The van der Waals surface area contributed by atoms with Crippen LogP contribution >= 0.6 is 11.8 Å². The summed E-state index contributed by atoms with van der Waals surface area (Å²) in [6.07, 6.45) is 1.26. The standard InChI is InChI=1S/C10H21N3O2S2/c1-8(2)6-12-10(11)13-4-5-16-7-9(13)17(3,14)15/h8-9H,4-7H2,1-3H3,(H2,11,12). The highest BCUT2D eigenvalue weighted by Gasteiger charge is 2.32. The number of aliphatic imine (C=N–C) groups is 1. The first-order valence-corrected chi connectivity index (χ1v) is 8.76. The molecule has 0 radical (unpaired) electrons. The van der Waals surface area contributed by atoms with Crippen LogP contribution in [0.3, 0.4) is 0 Å². The van der Waals surface area contributed by atoms with Crippen molar-refractivity contribution in [2.24, 2.45) is 16.6 Å². The third kappa shape index (κ3) is 4.39. The Morgan fingerprint density at radius 1 is 1.59 bits per heavy atom. The molecule has 1 aliphatic rings. The lowest BCUT2D eigenvalue weighted by atomic mass is 10.2. The summed E-state index contributed by atoms with van der Waals surface area (Å²) in [4.78, 5) is 5.97. The van der Waals surface area contributed by atoms with E-state index < -0.39 is 15.2 Å². The first-order chi connectivity index (χ1) is 7.82. The van der Waals surface area contributed by atoms with Gasteiger partial charge >= 0.3 is 0 Å². The van der Waals surface area contributed by atoms with Crippen molar-refractivity contribution in [3.63, 3.8) is 0 Å². The number of rotatable bonds is 3. The molecular formula is C10H21N3O2S2. The molecule has 0 saturated carbocycles. The zero-order valence-corrected chi connectivity index (χ0v) is 12.2. The summed E-state index contributed by atoms with van der Waals surface area (Å²) in [6, 6.07) is 0. The van der Waals surface area contributed by atoms with Crippen LogP contribution < -0.4 is 5.73 Å². The van der Waals surface area contributed by atoms with Gasteiger partial charge in [0.05, 0.1) is 0 Å². The fourth-order valence-electron chi connectivity index (χ4n) is 1.56. The molecule has 1 rings (SSSR count). The Kier molecular flexibility index (Phi) is 5.12. The van der Waals surface area contributed by atoms with Gasteiger partial charge in [0.25, 0.3) is 0 Å². The molecule has 1 atom stereocenters. The first-order valence-electron chi connectivity index (χ1n) is 5.65. The zero-order chi connectivity index (χ0) is 13.1. The molecular weight excluding hydrogens is 258 g/mol. The van der Waals surface area contributed by atoms with E-state index in [0.29, 0.717) is 30.7 Å². The molecule has 7 heteroatoms. The normalized spacial score (nSPS) is 23.2. The molecule has 1 heterocycles. The van der Waals surface area contributed by atoms with Crippen LogP contribution in [0.15, 0.2) is 4.99 Å². The molecule has 1 saturated heterocycles. The Bertz CT molecular complexity index is 379. The van der Waals surface area contributed by atoms with Crippen LogP contribution in [0.5, 0.6) is 0 Å². The van der Waals surface area contributed by atoms with Crippen LogP contribution in [0, 0.1) is 5.92 Å². The predicted octanol–water partition coefficient (Wildman–Crippen LogP) is 0.377. The van der Waals surface area contributed by atoms with Gasteiger partial charge in [-0.2, -0.15) is 11.8 Å². The van der Waals surface area contributed by atoms with Crippen LogP contribution in [0.1, 0.15) is 13.8 Å². The SMILES string of the molecule is CC(C)CN=C(N)N1CCSCC1S(C)(=O)=O. The second kappa shape index (κ2) is 5.95. The Balaban J connectivity index is 2.81. The van der Waals surface area contributed by atoms with Crippen LogP contribution in [0.25, 0.3) is 0 Å².